The minimum Gasteiger partial charge on any atom is -0.384 e. The van der Waals surface area contributed by atoms with Crippen LogP contribution in [-0.4, -0.2) is 63.5 Å². The van der Waals surface area contributed by atoms with Crippen molar-refractivity contribution in [2.45, 2.75) is 30.4 Å². The van der Waals surface area contributed by atoms with E-state index in [4.69, 9.17) is 9.47 Å². The Hall–Kier alpha value is -0.300. The molecule has 21 heavy (non-hydrogen) atoms. The molecule has 2 heterocycles. The van der Waals surface area contributed by atoms with Gasteiger partial charge in [0.25, 0.3) is 0 Å². The van der Waals surface area contributed by atoms with E-state index in [-0.39, 0.29) is 16.1 Å². The summed E-state index contributed by atoms with van der Waals surface area (Å²) in [5, 5.41) is 6.54. The number of ether oxygens (including phenoxy) is 2. The maximum Gasteiger partial charge on any atom is 0.228 e. The number of hydrogen-bond donors (Lipinski definition) is 2. The van der Waals surface area contributed by atoms with Gasteiger partial charge < -0.3 is 20.1 Å². The standard InChI is InChI=1S/C15H28N2O3S/c1-19-12-14(3-7-16-8-4-14)13(18)17-11-15(21-2)5-9-20-10-6-15/h16H,3-12H2,1-2H3,(H,17,18). The maximum absolute atomic E-state index is 12.8. The minimum absolute atomic E-state index is 0.134. The number of carbonyl (C=O) groups is 1. The lowest BCUT2D eigenvalue weighted by Crippen LogP contribution is -2.53. The number of methoxy groups -OCH3 is 1. The molecule has 0 aromatic carbocycles. The normalized spacial score (nSPS) is 24.5. The Bertz CT molecular complexity index is 334. The first kappa shape index (κ1) is 17.1. The number of hydrogen-bond acceptors (Lipinski definition) is 5. The molecule has 0 aliphatic carbocycles. The van der Waals surface area contributed by atoms with Crippen molar-refractivity contribution in [3.8, 4) is 0 Å². The molecule has 2 aliphatic heterocycles. The third-order valence-corrected chi connectivity index (χ3v) is 6.29. The summed E-state index contributed by atoms with van der Waals surface area (Å²) in [7, 11) is 1.68. The van der Waals surface area contributed by atoms with Gasteiger partial charge >= 0.3 is 0 Å². The van der Waals surface area contributed by atoms with Crippen molar-refractivity contribution in [2.75, 3.05) is 52.8 Å². The number of carbonyl (C=O) groups excluding carboxylic acids is 1. The van der Waals surface area contributed by atoms with E-state index in [1.165, 1.54) is 0 Å². The van der Waals surface area contributed by atoms with E-state index >= 15 is 0 Å². The molecular formula is C15H28N2O3S. The van der Waals surface area contributed by atoms with Crippen LogP contribution in [0.15, 0.2) is 0 Å². The van der Waals surface area contributed by atoms with Crippen LogP contribution in [0.5, 0.6) is 0 Å². The molecule has 2 fully saturated rings. The molecule has 122 valence electrons. The third kappa shape index (κ3) is 4.12. The van der Waals surface area contributed by atoms with Crippen LogP contribution >= 0.6 is 11.8 Å². The second-order valence-corrected chi connectivity index (χ2v) is 7.42. The predicted octanol–water partition coefficient (Wildman–Crippen LogP) is 1.03. The number of amides is 1. The first-order valence-corrected chi connectivity index (χ1v) is 9.00. The van der Waals surface area contributed by atoms with Crippen molar-refractivity contribution in [2.24, 2.45) is 5.41 Å². The summed E-state index contributed by atoms with van der Waals surface area (Å²) in [4.78, 5) is 12.8. The Morgan fingerprint density at radius 3 is 2.52 bits per heavy atom. The van der Waals surface area contributed by atoms with E-state index in [0.29, 0.717) is 6.61 Å². The molecule has 0 bridgehead atoms. The van der Waals surface area contributed by atoms with E-state index in [0.717, 1.165) is 58.5 Å². The quantitative estimate of drug-likeness (QED) is 0.766. The Labute approximate surface area is 131 Å². The lowest BCUT2D eigenvalue weighted by molar-refractivity contribution is -0.136. The zero-order chi connectivity index (χ0) is 15.2. The molecule has 2 saturated heterocycles. The number of rotatable bonds is 6. The topological polar surface area (TPSA) is 59.6 Å². The van der Waals surface area contributed by atoms with Gasteiger partial charge in [-0.2, -0.15) is 11.8 Å². The summed E-state index contributed by atoms with van der Waals surface area (Å²) in [6, 6.07) is 0. The molecule has 2 aliphatic rings. The molecule has 0 atom stereocenters. The first-order chi connectivity index (χ1) is 10.2. The van der Waals surface area contributed by atoms with Crippen LogP contribution in [0.1, 0.15) is 25.7 Å². The molecule has 0 radical (unpaired) electrons. The van der Waals surface area contributed by atoms with Crippen molar-refractivity contribution in [3.05, 3.63) is 0 Å². The minimum atomic E-state index is -0.356. The highest BCUT2D eigenvalue weighted by Crippen LogP contribution is 2.34. The van der Waals surface area contributed by atoms with Gasteiger partial charge in [0.15, 0.2) is 0 Å². The highest BCUT2D eigenvalue weighted by Gasteiger charge is 2.41. The first-order valence-electron chi connectivity index (χ1n) is 7.77. The van der Waals surface area contributed by atoms with Crippen LogP contribution in [0.25, 0.3) is 0 Å². The highest BCUT2D eigenvalue weighted by atomic mass is 32.2. The third-order valence-electron chi connectivity index (χ3n) is 4.87. The fourth-order valence-corrected chi connectivity index (χ4v) is 4.04. The van der Waals surface area contributed by atoms with Gasteiger partial charge in [-0.1, -0.05) is 0 Å². The lowest BCUT2D eigenvalue weighted by atomic mass is 9.78. The van der Waals surface area contributed by atoms with Gasteiger partial charge in [0.1, 0.15) is 0 Å². The Morgan fingerprint density at radius 2 is 1.95 bits per heavy atom. The fraction of sp³-hybridized carbons (Fsp3) is 0.933. The maximum atomic E-state index is 12.8. The van der Waals surface area contributed by atoms with Crippen molar-refractivity contribution in [1.29, 1.82) is 0 Å². The van der Waals surface area contributed by atoms with Crippen LogP contribution in [0.4, 0.5) is 0 Å². The van der Waals surface area contributed by atoms with Gasteiger partial charge in [0.05, 0.1) is 12.0 Å². The monoisotopic (exact) mass is 316 g/mol. The second kappa shape index (κ2) is 7.81. The van der Waals surface area contributed by atoms with Crippen molar-refractivity contribution in [1.82, 2.24) is 10.6 Å². The summed E-state index contributed by atoms with van der Waals surface area (Å²) >= 11 is 1.86. The van der Waals surface area contributed by atoms with Crippen LogP contribution < -0.4 is 10.6 Å². The molecule has 5 nitrogen and oxygen atoms in total. The molecule has 0 aromatic heterocycles. The largest absolute Gasteiger partial charge is 0.384 e. The van der Waals surface area contributed by atoms with Gasteiger partial charge in [-0.05, 0) is 45.0 Å². The van der Waals surface area contributed by atoms with Crippen molar-refractivity contribution in [3.63, 3.8) is 0 Å². The number of nitrogens with one attached hydrogen (secondary N) is 2. The van der Waals surface area contributed by atoms with Crippen LogP contribution in [0.3, 0.4) is 0 Å². The lowest BCUT2D eigenvalue weighted by Gasteiger charge is -2.39. The van der Waals surface area contributed by atoms with Crippen LogP contribution in [0.2, 0.25) is 0 Å². The van der Waals surface area contributed by atoms with Gasteiger partial charge in [-0.15, -0.1) is 0 Å². The molecule has 1 amide bonds. The molecular weight excluding hydrogens is 288 g/mol. The molecule has 6 heteroatoms. The number of thioether (sulfide) groups is 1. The average molecular weight is 316 g/mol. The molecule has 0 unspecified atom stereocenters. The Kier molecular flexibility index (Phi) is 6.34. The van der Waals surface area contributed by atoms with Gasteiger partial charge in [-0.25, -0.2) is 0 Å². The molecule has 2 rings (SSSR count). The van der Waals surface area contributed by atoms with E-state index in [9.17, 15) is 4.79 Å². The van der Waals surface area contributed by atoms with E-state index < -0.39 is 0 Å². The van der Waals surface area contributed by atoms with Gasteiger partial charge in [0, 0.05) is 31.6 Å². The Morgan fingerprint density at radius 1 is 1.29 bits per heavy atom. The van der Waals surface area contributed by atoms with Crippen molar-refractivity contribution >= 4 is 17.7 Å². The van der Waals surface area contributed by atoms with E-state index in [1.807, 2.05) is 11.8 Å². The molecule has 0 aromatic rings. The van der Waals surface area contributed by atoms with Gasteiger partial charge in [0.2, 0.25) is 5.91 Å². The smallest absolute Gasteiger partial charge is 0.228 e. The van der Waals surface area contributed by atoms with Crippen LogP contribution in [0, 0.1) is 5.41 Å². The number of piperidine rings is 1. The predicted molar refractivity (Wildman–Crippen MR) is 85.7 cm³/mol. The SMILES string of the molecule is COCC1(C(=O)NCC2(SC)CCOCC2)CCNCC1. The Balaban J connectivity index is 1.94. The average Bonchev–Trinajstić information content (AvgIpc) is 2.54. The molecule has 2 N–H and O–H groups in total. The summed E-state index contributed by atoms with van der Waals surface area (Å²) in [5.41, 5.74) is -0.356. The van der Waals surface area contributed by atoms with Crippen LogP contribution in [-0.2, 0) is 14.3 Å². The summed E-state index contributed by atoms with van der Waals surface area (Å²) < 4.78 is 10.9. The fourth-order valence-electron chi connectivity index (χ4n) is 3.24. The summed E-state index contributed by atoms with van der Waals surface area (Å²) in [6.07, 6.45) is 5.84. The van der Waals surface area contributed by atoms with Crippen molar-refractivity contribution < 1.29 is 14.3 Å². The van der Waals surface area contributed by atoms with Gasteiger partial charge in [-0.3, -0.25) is 4.79 Å². The summed E-state index contributed by atoms with van der Waals surface area (Å²) in [6.45, 7) is 4.61. The van der Waals surface area contributed by atoms with E-state index in [1.54, 1.807) is 7.11 Å². The zero-order valence-corrected chi connectivity index (χ0v) is 14.0. The zero-order valence-electron chi connectivity index (χ0n) is 13.2. The van der Waals surface area contributed by atoms with E-state index in [2.05, 4.69) is 16.9 Å². The second-order valence-electron chi connectivity index (χ2n) is 6.15. The highest BCUT2D eigenvalue weighted by molar-refractivity contribution is 8.00. The molecule has 0 saturated carbocycles. The molecule has 0 spiro atoms. The summed E-state index contributed by atoms with van der Waals surface area (Å²) in [5.74, 6) is 0.158.